The molecule has 1 aliphatic heterocycles. The summed E-state index contributed by atoms with van der Waals surface area (Å²) in [6, 6.07) is 0.584. The van der Waals surface area contributed by atoms with Gasteiger partial charge in [0.25, 0.3) is 5.91 Å². The first-order valence-corrected chi connectivity index (χ1v) is 13.6. The van der Waals surface area contributed by atoms with Crippen LogP contribution in [-0.4, -0.2) is 52.3 Å². The van der Waals surface area contributed by atoms with Gasteiger partial charge >= 0.3 is 0 Å². The molecule has 2 aromatic heterocycles. The summed E-state index contributed by atoms with van der Waals surface area (Å²) in [5.41, 5.74) is 1.77. The number of amides is 2. The number of anilines is 2. The van der Waals surface area contributed by atoms with Gasteiger partial charge in [0.2, 0.25) is 11.9 Å². The summed E-state index contributed by atoms with van der Waals surface area (Å²) < 4.78 is 2.15. The quantitative estimate of drug-likeness (QED) is 0.459. The van der Waals surface area contributed by atoms with E-state index in [9.17, 15) is 9.59 Å². The standard InChI is InChI=1S/C24H33N7O2S/c32-21(15-3-4-15)29-23-20(22(33)26-12-14-1-2-14)18-11-17(5-6-19(18)34-23)31-13-27-30-24(31)28-16-7-9-25-10-8-16/h13-17,25H,1-12H2,(H,26,33)(H,28,30)(H,29,32)/t17-/m0/s1. The first-order valence-electron chi connectivity index (χ1n) is 12.8. The van der Waals surface area contributed by atoms with E-state index < -0.39 is 0 Å². The largest absolute Gasteiger partial charge is 0.352 e. The number of thiophene rings is 1. The van der Waals surface area contributed by atoms with Gasteiger partial charge in [0.05, 0.1) is 5.56 Å². The molecule has 182 valence electrons. The third-order valence-electron chi connectivity index (χ3n) is 7.53. The van der Waals surface area contributed by atoms with Crippen LogP contribution in [0.4, 0.5) is 10.9 Å². The Hall–Kier alpha value is -2.46. The molecule has 9 nitrogen and oxygen atoms in total. The van der Waals surface area contributed by atoms with E-state index in [1.54, 1.807) is 11.3 Å². The summed E-state index contributed by atoms with van der Waals surface area (Å²) in [6.07, 6.45) is 10.8. The number of piperidine rings is 1. The smallest absolute Gasteiger partial charge is 0.254 e. The molecule has 0 unspecified atom stereocenters. The van der Waals surface area contributed by atoms with Crippen molar-refractivity contribution in [1.82, 2.24) is 25.4 Å². The van der Waals surface area contributed by atoms with Gasteiger partial charge in [0, 0.05) is 29.4 Å². The SMILES string of the molecule is O=C(NCC1CC1)c1c(NC(=O)C2CC2)sc2c1C[C@@H](n1cnnc1NC1CCNCC1)CC2. The number of aromatic nitrogens is 3. The number of carbonyl (C=O) groups is 2. The number of nitrogens with one attached hydrogen (secondary N) is 4. The van der Waals surface area contributed by atoms with Gasteiger partial charge in [-0.2, -0.15) is 0 Å². The van der Waals surface area contributed by atoms with E-state index in [0.29, 0.717) is 17.5 Å². The molecule has 34 heavy (non-hydrogen) atoms. The van der Waals surface area contributed by atoms with Gasteiger partial charge in [-0.15, -0.1) is 21.5 Å². The van der Waals surface area contributed by atoms with Crippen molar-refractivity contribution in [2.45, 2.75) is 69.9 Å². The van der Waals surface area contributed by atoms with E-state index in [4.69, 9.17) is 0 Å². The zero-order chi connectivity index (χ0) is 23.1. The van der Waals surface area contributed by atoms with Crippen LogP contribution < -0.4 is 21.3 Å². The molecule has 0 bridgehead atoms. The molecule has 1 atom stereocenters. The maximum atomic E-state index is 13.3. The summed E-state index contributed by atoms with van der Waals surface area (Å²) in [5.74, 6) is 1.54. The van der Waals surface area contributed by atoms with Gasteiger partial charge in [0.15, 0.2) is 0 Å². The van der Waals surface area contributed by atoms with Crippen LogP contribution in [0.15, 0.2) is 6.33 Å². The summed E-state index contributed by atoms with van der Waals surface area (Å²) >= 11 is 1.59. The van der Waals surface area contributed by atoms with E-state index in [0.717, 1.165) is 81.1 Å². The highest BCUT2D eigenvalue weighted by molar-refractivity contribution is 7.17. The predicted molar refractivity (Wildman–Crippen MR) is 131 cm³/mol. The number of carbonyl (C=O) groups excluding carboxylic acids is 2. The van der Waals surface area contributed by atoms with Crippen LogP contribution in [0.25, 0.3) is 0 Å². The first-order chi connectivity index (χ1) is 16.7. The Kier molecular flexibility index (Phi) is 6.02. The van der Waals surface area contributed by atoms with Crippen LogP contribution in [0.1, 0.15) is 71.8 Å². The molecule has 4 N–H and O–H groups in total. The van der Waals surface area contributed by atoms with Gasteiger partial charge < -0.3 is 21.3 Å². The maximum Gasteiger partial charge on any atom is 0.254 e. The average molecular weight is 484 g/mol. The third kappa shape index (κ3) is 4.70. The minimum atomic E-state index is -0.0482. The monoisotopic (exact) mass is 483 g/mol. The van der Waals surface area contributed by atoms with Crippen LogP contribution in [-0.2, 0) is 17.6 Å². The number of hydrogen-bond acceptors (Lipinski definition) is 7. The Morgan fingerprint density at radius 1 is 1.12 bits per heavy atom. The highest BCUT2D eigenvalue weighted by Crippen LogP contribution is 2.42. The highest BCUT2D eigenvalue weighted by atomic mass is 32.1. The molecule has 3 fully saturated rings. The van der Waals surface area contributed by atoms with Gasteiger partial charge in [-0.25, -0.2) is 0 Å². The topological polar surface area (TPSA) is 113 Å². The Morgan fingerprint density at radius 2 is 1.94 bits per heavy atom. The van der Waals surface area contributed by atoms with Gasteiger partial charge in [-0.1, -0.05) is 0 Å². The lowest BCUT2D eigenvalue weighted by atomic mass is 9.91. The van der Waals surface area contributed by atoms with Crippen molar-refractivity contribution < 1.29 is 9.59 Å². The summed E-state index contributed by atoms with van der Waals surface area (Å²) in [4.78, 5) is 27.1. The van der Waals surface area contributed by atoms with Crippen molar-refractivity contribution in [3.8, 4) is 0 Å². The molecule has 1 saturated heterocycles. The van der Waals surface area contributed by atoms with Crippen molar-refractivity contribution in [2.24, 2.45) is 11.8 Å². The van der Waals surface area contributed by atoms with Crippen molar-refractivity contribution in [3.63, 3.8) is 0 Å². The summed E-state index contributed by atoms with van der Waals surface area (Å²) in [7, 11) is 0. The fraction of sp³-hybridized carbons (Fsp3) is 0.667. The van der Waals surface area contributed by atoms with Gasteiger partial charge in [0.1, 0.15) is 11.3 Å². The van der Waals surface area contributed by atoms with Crippen molar-refractivity contribution >= 4 is 34.1 Å². The molecule has 2 saturated carbocycles. The zero-order valence-electron chi connectivity index (χ0n) is 19.4. The predicted octanol–water partition coefficient (Wildman–Crippen LogP) is 2.72. The normalized spacial score (nSPS) is 22.8. The second kappa shape index (κ2) is 9.30. The van der Waals surface area contributed by atoms with Crippen molar-refractivity contribution in [2.75, 3.05) is 30.3 Å². The lowest BCUT2D eigenvalue weighted by Crippen LogP contribution is -2.36. The lowest BCUT2D eigenvalue weighted by Gasteiger charge is -2.28. The fourth-order valence-corrected chi connectivity index (χ4v) is 6.34. The van der Waals surface area contributed by atoms with Crippen LogP contribution in [0.5, 0.6) is 0 Å². The Labute approximate surface area is 203 Å². The summed E-state index contributed by atoms with van der Waals surface area (Å²) in [6.45, 7) is 2.75. The van der Waals surface area contributed by atoms with E-state index in [2.05, 4.69) is 36.0 Å². The molecule has 4 aliphatic rings. The molecule has 10 heteroatoms. The van der Waals surface area contributed by atoms with E-state index in [1.807, 2.05) is 6.33 Å². The molecule has 0 radical (unpaired) electrons. The molecule has 2 amide bonds. The fourth-order valence-electron chi connectivity index (χ4n) is 5.10. The molecule has 3 heterocycles. The number of rotatable bonds is 8. The lowest BCUT2D eigenvalue weighted by molar-refractivity contribution is -0.117. The minimum Gasteiger partial charge on any atom is -0.352 e. The molecular weight excluding hydrogens is 450 g/mol. The van der Waals surface area contributed by atoms with Crippen LogP contribution in [0, 0.1) is 11.8 Å². The van der Waals surface area contributed by atoms with Crippen molar-refractivity contribution in [1.29, 1.82) is 0 Å². The third-order valence-corrected chi connectivity index (χ3v) is 8.74. The summed E-state index contributed by atoms with van der Waals surface area (Å²) in [5, 5.41) is 22.5. The van der Waals surface area contributed by atoms with E-state index >= 15 is 0 Å². The van der Waals surface area contributed by atoms with E-state index in [1.165, 1.54) is 17.7 Å². The second-order valence-electron chi connectivity index (χ2n) is 10.3. The zero-order valence-corrected chi connectivity index (χ0v) is 20.3. The maximum absolute atomic E-state index is 13.3. The average Bonchev–Trinajstić information content (AvgIpc) is 3.77. The Morgan fingerprint density at radius 3 is 2.71 bits per heavy atom. The Balaban J connectivity index is 1.24. The molecule has 0 aromatic carbocycles. The molecule has 6 rings (SSSR count). The van der Waals surface area contributed by atoms with E-state index in [-0.39, 0.29) is 23.8 Å². The number of fused-ring (bicyclic) bond motifs is 1. The van der Waals surface area contributed by atoms with Crippen LogP contribution in [0.3, 0.4) is 0 Å². The second-order valence-corrected chi connectivity index (χ2v) is 11.4. The highest BCUT2D eigenvalue weighted by Gasteiger charge is 2.35. The first kappa shape index (κ1) is 22.0. The molecule has 3 aliphatic carbocycles. The number of aryl methyl sites for hydroxylation is 1. The molecule has 0 spiro atoms. The van der Waals surface area contributed by atoms with Gasteiger partial charge in [-0.05, 0) is 82.4 Å². The number of hydrogen-bond donors (Lipinski definition) is 4. The Bertz CT molecular complexity index is 1070. The minimum absolute atomic E-state index is 0.0482. The number of nitrogens with zero attached hydrogens (tertiary/aromatic N) is 3. The van der Waals surface area contributed by atoms with Crippen LogP contribution in [0.2, 0.25) is 0 Å². The molecular formula is C24H33N7O2S. The van der Waals surface area contributed by atoms with Crippen molar-refractivity contribution in [3.05, 3.63) is 22.3 Å². The van der Waals surface area contributed by atoms with Crippen LogP contribution >= 0.6 is 11.3 Å². The molecule has 2 aromatic rings. The van der Waals surface area contributed by atoms with Gasteiger partial charge in [-0.3, -0.25) is 14.2 Å².